The normalized spacial score (nSPS) is 18.3. The molecule has 4 aromatic rings. The van der Waals surface area contributed by atoms with E-state index in [9.17, 15) is 30.8 Å². The highest BCUT2D eigenvalue weighted by Gasteiger charge is 2.38. The number of likely N-dealkylation sites (N-methyl/N-ethyl adjacent to an activating group) is 1. The number of rotatable bonds is 11. The summed E-state index contributed by atoms with van der Waals surface area (Å²) in [6.45, 7) is 2.35. The second kappa shape index (κ2) is 14.9. The summed E-state index contributed by atoms with van der Waals surface area (Å²) in [5.74, 6) is -5.22. The molecule has 13 heteroatoms. The summed E-state index contributed by atoms with van der Waals surface area (Å²) in [7, 11) is -2.63. The maximum Gasteiger partial charge on any atom is 0.243 e. The number of sulfonamides is 1. The number of carbonyl (C=O) groups is 1. The molecule has 1 saturated heterocycles. The fourth-order valence-electron chi connectivity index (χ4n) is 6.31. The van der Waals surface area contributed by atoms with Crippen LogP contribution in [0.2, 0.25) is 0 Å². The molecule has 1 aliphatic heterocycles. The van der Waals surface area contributed by atoms with Crippen LogP contribution >= 0.6 is 0 Å². The van der Waals surface area contributed by atoms with Crippen molar-refractivity contribution in [2.75, 3.05) is 25.5 Å². The molecule has 4 atom stereocenters. The van der Waals surface area contributed by atoms with Crippen LogP contribution in [0.4, 0.5) is 27.6 Å². The molecule has 4 unspecified atom stereocenters. The Morgan fingerprint density at radius 1 is 0.854 bits per heavy atom. The largest absolute Gasteiger partial charge is 0.324 e. The molecule has 48 heavy (non-hydrogen) atoms. The van der Waals surface area contributed by atoms with E-state index in [4.69, 9.17) is 0 Å². The van der Waals surface area contributed by atoms with Crippen LogP contribution in [-0.2, 0) is 21.2 Å². The summed E-state index contributed by atoms with van der Waals surface area (Å²) in [6, 6.07) is 14.7. The molecule has 0 spiro atoms. The molecule has 1 amide bonds. The first-order valence-corrected chi connectivity index (χ1v) is 16.8. The third kappa shape index (κ3) is 7.75. The summed E-state index contributed by atoms with van der Waals surface area (Å²) in [6.07, 6.45) is 0.184. The van der Waals surface area contributed by atoms with Crippen LogP contribution < -0.4 is 16.0 Å². The van der Waals surface area contributed by atoms with Crippen LogP contribution in [0.1, 0.15) is 36.0 Å². The lowest BCUT2D eigenvalue weighted by Gasteiger charge is -2.40. The average molecular weight is 687 g/mol. The van der Waals surface area contributed by atoms with Crippen molar-refractivity contribution in [1.29, 1.82) is 0 Å². The summed E-state index contributed by atoms with van der Waals surface area (Å²) in [4.78, 5) is 13.7. The number of anilines is 1. The van der Waals surface area contributed by atoms with Gasteiger partial charge in [0.05, 0.1) is 10.9 Å². The number of hydrogen-bond donors (Lipinski definition) is 3. The summed E-state index contributed by atoms with van der Waals surface area (Å²) >= 11 is 0. The van der Waals surface area contributed by atoms with E-state index in [-0.39, 0.29) is 41.1 Å². The molecule has 0 saturated carbocycles. The van der Waals surface area contributed by atoms with Crippen molar-refractivity contribution in [3.63, 3.8) is 0 Å². The number of amides is 1. The van der Waals surface area contributed by atoms with Gasteiger partial charge in [-0.1, -0.05) is 24.3 Å². The predicted octanol–water partition coefficient (Wildman–Crippen LogP) is 5.72. The van der Waals surface area contributed by atoms with E-state index in [0.717, 1.165) is 24.3 Å². The minimum Gasteiger partial charge on any atom is -0.324 e. The first-order valence-electron chi connectivity index (χ1n) is 15.4. The lowest BCUT2D eigenvalue weighted by molar-refractivity contribution is -0.118. The zero-order chi connectivity index (χ0) is 34.6. The monoisotopic (exact) mass is 686 g/mol. The van der Waals surface area contributed by atoms with E-state index in [1.807, 2.05) is 0 Å². The van der Waals surface area contributed by atoms with E-state index >= 15 is 4.39 Å². The fourth-order valence-corrected chi connectivity index (χ4v) is 8.19. The van der Waals surface area contributed by atoms with Crippen molar-refractivity contribution in [1.82, 2.24) is 14.9 Å². The number of nitrogens with one attached hydrogen (secondary N) is 3. The lowest BCUT2D eigenvalue weighted by atomic mass is 9.84. The Kier molecular flexibility index (Phi) is 10.9. The van der Waals surface area contributed by atoms with Gasteiger partial charge in [0.15, 0.2) is 0 Å². The van der Waals surface area contributed by atoms with Crippen LogP contribution in [0, 0.1) is 29.1 Å². The first kappa shape index (κ1) is 35.1. The van der Waals surface area contributed by atoms with Gasteiger partial charge in [-0.2, -0.15) is 4.31 Å². The highest BCUT2D eigenvalue weighted by atomic mass is 32.2. The Bertz CT molecular complexity index is 1860. The Labute approximate surface area is 276 Å². The predicted molar refractivity (Wildman–Crippen MR) is 172 cm³/mol. The smallest absolute Gasteiger partial charge is 0.243 e. The van der Waals surface area contributed by atoms with E-state index in [1.165, 1.54) is 66.0 Å². The number of nitrogens with zero attached hydrogens (tertiary/aromatic N) is 1. The number of piperazine rings is 1. The van der Waals surface area contributed by atoms with Gasteiger partial charge < -0.3 is 16.0 Å². The van der Waals surface area contributed by atoms with Crippen molar-refractivity contribution in [3.8, 4) is 0 Å². The maximum atomic E-state index is 15.4. The van der Waals surface area contributed by atoms with E-state index in [1.54, 1.807) is 6.92 Å². The van der Waals surface area contributed by atoms with E-state index in [0.29, 0.717) is 18.2 Å². The molecular weight excluding hydrogens is 651 g/mol. The van der Waals surface area contributed by atoms with Crippen molar-refractivity contribution in [2.24, 2.45) is 0 Å². The van der Waals surface area contributed by atoms with Crippen molar-refractivity contribution in [3.05, 3.63) is 131 Å². The summed E-state index contributed by atoms with van der Waals surface area (Å²) in [5, 5.41) is 8.82. The third-order valence-corrected chi connectivity index (χ3v) is 10.6. The third-order valence-electron chi connectivity index (χ3n) is 8.49. The number of benzene rings is 4. The number of halogens is 5. The number of hydrogen-bond acceptors (Lipinski definition) is 5. The average Bonchev–Trinajstić information content (AvgIpc) is 3.03. The van der Waals surface area contributed by atoms with Crippen molar-refractivity contribution < 1.29 is 35.2 Å². The highest BCUT2D eigenvalue weighted by molar-refractivity contribution is 7.89. The molecule has 5 rings (SSSR count). The van der Waals surface area contributed by atoms with Gasteiger partial charge in [-0.3, -0.25) is 4.79 Å². The summed E-state index contributed by atoms with van der Waals surface area (Å²) in [5.41, 5.74) is 0.762. The second-order valence-corrected chi connectivity index (χ2v) is 13.6. The quantitative estimate of drug-likeness (QED) is 0.176. The zero-order valence-corrected chi connectivity index (χ0v) is 27.0. The topological polar surface area (TPSA) is 90.5 Å². The number of carbonyl (C=O) groups excluding carboxylic acids is 1. The Hall–Kier alpha value is -4.17. The molecule has 0 bridgehead atoms. The standard InChI is InChI=1S/C35H35F5N4O3S/c1-21-19-42-20-28(44(21)48(46,47)29-6-3-5-25(37)18-29)13-14-30-31(40)7-4-8-32(30)43-35(45)34(41-2)33(22-9-11-24(36)12-10-22)23-15-26(38)17-27(39)16-23/h3-12,15-18,21,28,33-34,41-42H,13-14,19-20H2,1-2H3,(H,43,45). The highest BCUT2D eigenvalue weighted by Crippen LogP contribution is 2.32. The van der Waals surface area contributed by atoms with Gasteiger partial charge in [0, 0.05) is 48.4 Å². The van der Waals surface area contributed by atoms with Gasteiger partial charge in [-0.25, -0.2) is 30.4 Å². The molecule has 1 fully saturated rings. The molecule has 0 radical (unpaired) electrons. The van der Waals surface area contributed by atoms with Crippen LogP contribution in [0.3, 0.4) is 0 Å². The lowest BCUT2D eigenvalue weighted by Crippen LogP contribution is -2.58. The molecule has 1 heterocycles. The van der Waals surface area contributed by atoms with Crippen molar-refractivity contribution >= 4 is 21.6 Å². The van der Waals surface area contributed by atoms with E-state index < -0.39 is 69.1 Å². The Balaban J connectivity index is 1.42. The zero-order valence-electron chi connectivity index (χ0n) is 26.2. The van der Waals surface area contributed by atoms with Crippen LogP contribution in [-0.4, -0.2) is 56.9 Å². The molecule has 1 aliphatic rings. The van der Waals surface area contributed by atoms with Gasteiger partial charge in [-0.15, -0.1) is 0 Å². The maximum absolute atomic E-state index is 15.4. The SMILES string of the molecule is CNC(C(=O)Nc1cccc(F)c1CCC1CNCC(C)N1S(=O)(=O)c1cccc(F)c1)C(c1ccc(F)cc1)c1cc(F)cc(F)c1. The van der Waals surface area contributed by atoms with Crippen LogP contribution in [0.15, 0.2) is 89.8 Å². The minimum atomic E-state index is -4.11. The molecule has 3 N–H and O–H groups in total. The van der Waals surface area contributed by atoms with Gasteiger partial charge in [0.25, 0.3) is 0 Å². The molecule has 4 aromatic carbocycles. The van der Waals surface area contributed by atoms with Crippen LogP contribution in [0.25, 0.3) is 0 Å². The Morgan fingerprint density at radius 3 is 2.21 bits per heavy atom. The fraction of sp³-hybridized carbons (Fsp3) is 0.286. The van der Waals surface area contributed by atoms with Gasteiger partial charge >= 0.3 is 0 Å². The minimum absolute atomic E-state index is 0.0250. The second-order valence-electron chi connectivity index (χ2n) is 11.7. The Morgan fingerprint density at radius 2 is 1.54 bits per heavy atom. The molecular formula is C35H35F5N4O3S. The van der Waals surface area contributed by atoms with Crippen molar-refractivity contribution in [2.45, 2.75) is 48.7 Å². The molecule has 0 aliphatic carbocycles. The van der Waals surface area contributed by atoms with Gasteiger partial charge in [-0.05, 0) is 92.5 Å². The molecule has 7 nitrogen and oxygen atoms in total. The molecule has 0 aromatic heterocycles. The first-order chi connectivity index (χ1) is 22.9. The molecule has 254 valence electrons. The van der Waals surface area contributed by atoms with Gasteiger partial charge in [0.2, 0.25) is 15.9 Å². The van der Waals surface area contributed by atoms with Gasteiger partial charge in [0.1, 0.15) is 29.1 Å². The summed E-state index contributed by atoms with van der Waals surface area (Å²) < 4.78 is 100. The van der Waals surface area contributed by atoms with Crippen LogP contribution in [0.5, 0.6) is 0 Å². The van der Waals surface area contributed by atoms with E-state index in [2.05, 4.69) is 16.0 Å².